The lowest BCUT2D eigenvalue weighted by Gasteiger charge is -2.07. The van der Waals surface area contributed by atoms with Crippen molar-refractivity contribution >= 4 is 31.3 Å². The van der Waals surface area contributed by atoms with E-state index in [9.17, 15) is 4.79 Å². The Labute approximate surface area is 238 Å². The first-order chi connectivity index (χ1) is 19.6. The Morgan fingerprint density at radius 1 is 0.875 bits per heavy atom. The smallest absolute Gasteiger partial charge is 0.225 e. The molecule has 2 rings (SSSR count). The molecule has 9 nitrogen and oxygen atoms in total. The molecule has 2 heterocycles. The SMILES string of the molecule is CC/C=C\C/C=C\C/C=C\C/C=C\C/C=C\C/C=C\CCC(=O)Nc1ncnc2c1ncn2CCOCP(O)O. The minimum atomic E-state index is -2.07. The third-order valence-corrected chi connectivity index (χ3v) is 5.89. The van der Waals surface area contributed by atoms with Crippen LogP contribution >= 0.6 is 8.38 Å². The zero-order chi connectivity index (χ0) is 28.7. The number of hydrogen-bond acceptors (Lipinski definition) is 7. The Bertz CT molecular complexity index is 1170. The molecule has 0 unspecified atom stereocenters. The van der Waals surface area contributed by atoms with Gasteiger partial charge >= 0.3 is 0 Å². The van der Waals surface area contributed by atoms with E-state index in [2.05, 4.69) is 94.0 Å². The lowest BCUT2D eigenvalue weighted by molar-refractivity contribution is -0.116. The number of fused-ring (bicyclic) bond motifs is 1. The number of hydrogen-bond donors (Lipinski definition) is 3. The predicted molar refractivity (Wildman–Crippen MR) is 164 cm³/mol. The second-order valence-corrected chi connectivity index (χ2v) is 9.75. The summed E-state index contributed by atoms with van der Waals surface area (Å²) in [5, 5.41) is 2.81. The van der Waals surface area contributed by atoms with Gasteiger partial charge in [0.05, 0.1) is 12.9 Å². The first kappa shape index (κ1) is 33.0. The van der Waals surface area contributed by atoms with E-state index in [1.807, 2.05) is 6.08 Å². The first-order valence-corrected chi connectivity index (χ1v) is 15.1. The molecule has 1 amide bonds. The lowest BCUT2D eigenvalue weighted by Crippen LogP contribution is -2.13. The van der Waals surface area contributed by atoms with Crippen LogP contribution in [0.5, 0.6) is 0 Å². The quantitative estimate of drug-likeness (QED) is 0.0947. The minimum Gasteiger partial charge on any atom is -0.370 e. The van der Waals surface area contributed by atoms with Gasteiger partial charge in [0.2, 0.25) is 5.91 Å². The van der Waals surface area contributed by atoms with E-state index in [0.717, 1.165) is 38.5 Å². The van der Waals surface area contributed by atoms with Gasteiger partial charge in [0.1, 0.15) is 12.7 Å². The van der Waals surface area contributed by atoms with E-state index in [1.165, 1.54) is 6.33 Å². The molecule has 0 radical (unpaired) electrons. The average molecular weight is 568 g/mol. The van der Waals surface area contributed by atoms with E-state index in [-0.39, 0.29) is 18.9 Å². The van der Waals surface area contributed by atoms with Crippen LogP contribution in [0.2, 0.25) is 0 Å². The van der Waals surface area contributed by atoms with Gasteiger partial charge in [-0.2, -0.15) is 0 Å². The topological polar surface area (TPSA) is 122 Å². The summed E-state index contributed by atoms with van der Waals surface area (Å²) in [6.45, 7) is 2.86. The largest absolute Gasteiger partial charge is 0.370 e. The van der Waals surface area contributed by atoms with E-state index < -0.39 is 8.38 Å². The van der Waals surface area contributed by atoms with Crippen LogP contribution in [-0.2, 0) is 16.1 Å². The zero-order valence-corrected chi connectivity index (χ0v) is 24.2. The molecule has 216 valence electrons. The fourth-order valence-corrected chi connectivity index (χ4v) is 3.79. The predicted octanol–water partition coefficient (Wildman–Crippen LogP) is 6.51. The Kier molecular flexibility index (Phi) is 17.8. The van der Waals surface area contributed by atoms with Crippen molar-refractivity contribution in [3.8, 4) is 0 Å². The molecule has 0 aliphatic rings. The highest BCUT2D eigenvalue weighted by Gasteiger charge is 2.12. The molecule has 0 aliphatic heterocycles. The number of ether oxygens (including phenoxy) is 1. The van der Waals surface area contributed by atoms with Crippen LogP contribution in [0.3, 0.4) is 0 Å². The third kappa shape index (κ3) is 14.8. The van der Waals surface area contributed by atoms with Crippen LogP contribution in [0.25, 0.3) is 11.2 Å². The molecule has 2 aromatic rings. The fraction of sp³-hybridized carbons (Fsp3) is 0.400. The molecule has 0 bridgehead atoms. The number of allylic oxidation sites excluding steroid dienone is 12. The molecule has 0 aliphatic carbocycles. The van der Waals surface area contributed by atoms with Crippen molar-refractivity contribution in [1.29, 1.82) is 0 Å². The summed E-state index contributed by atoms with van der Waals surface area (Å²) < 4.78 is 6.95. The number of imidazole rings is 1. The molecular weight excluding hydrogens is 525 g/mol. The second-order valence-electron chi connectivity index (χ2n) is 8.74. The summed E-state index contributed by atoms with van der Waals surface area (Å²) in [4.78, 5) is 42.9. The van der Waals surface area contributed by atoms with Crippen molar-refractivity contribution in [2.45, 2.75) is 64.8 Å². The van der Waals surface area contributed by atoms with Crippen LogP contribution in [0.4, 0.5) is 5.82 Å². The zero-order valence-electron chi connectivity index (χ0n) is 23.3. The molecule has 40 heavy (non-hydrogen) atoms. The van der Waals surface area contributed by atoms with Gasteiger partial charge in [-0.25, -0.2) is 15.0 Å². The summed E-state index contributed by atoms with van der Waals surface area (Å²) in [5.74, 6) is 0.225. The fourth-order valence-electron chi connectivity index (χ4n) is 3.49. The molecule has 3 N–H and O–H groups in total. The van der Waals surface area contributed by atoms with Crippen LogP contribution in [-0.4, -0.2) is 48.2 Å². The van der Waals surface area contributed by atoms with E-state index in [0.29, 0.717) is 36.4 Å². The molecule has 0 saturated carbocycles. The number of nitrogens with zero attached hydrogens (tertiary/aromatic N) is 4. The number of carbonyl (C=O) groups excluding carboxylic acids is 1. The highest BCUT2D eigenvalue weighted by molar-refractivity contribution is 7.44. The van der Waals surface area contributed by atoms with Crippen molar-refractivity contribution < 1.29 is 19.3 Å². The van der Waals surface area contributed by atoms with Gasteiger partial charge in [-0.05, 0) is 44.9 Å². The number of rotatable bonds is 20. The Balaban J connectivity index is 1.58. The highest BCUT2D eigenvalue weighted by Crippen LogP contribution is 2.22. The third-order valence-electron chi connectivity index (χ3n) is 5.48. The van der Waals surface area contributed by atoms with Crippen molar-refractivity contribution in [3.05, 3.63) is 85.6 Å². The van der Waals surface area contributed by atoms with Gasteiger partial charge in [0.25, 0.3) is 0 Å². The molecule has 0 atom stereocenters. The van der Waals surface area contributed by atoms with Gasteiger partial charge in [-0.15, -0.1) is 0 Å². The highest BCUT2D eigenvalue weighted by atomic mass is 31.2. The van der Waals surface area contributed by atoms with Gasteiger partial charge in [-0.1, -0.05) is 79.8 Å². The van der Waals surface area contributed by atoms with Gasteiger partial charge in [0.15, 0.2) is 25.4 Å². The molecule has 10 heteroatoms. The maximum absolute atomic E-state index is 12.4. The molecule has 2 aromatic heterocycles. The Morgan fingerprint density at radius 3 is 2.02 bits per heavy atom. The second kappa shape index (κ2) is 21.6. The van der Waals surface area contributed by atoms with Gasteiger partial charge in [0, 0.05) is 13.0 Å². The van der Waals surface area contributed by atoms with Crippen LogP contribution in [0.15, 0.2) is 85.6 Å². The van der Waals surface area contributed by atoms with Crippen LogP contribution in [0.1, 0.15) is 58.3 Å². The molecular formula is C30H42N5O4P. The Hall–Kier alpha value is -3.23. The first-order valence-electron chi connectivity index (χ1n) is 13.7. The van der Waals surface area contributed by atoms with Crippen LogP contribution in [0, 0.1) is 0 Å². The summed E-state index contributed by atoms with van der Waals surface area (Å²) in [5.41, 5.74) is 1.07. The standard InChI is InChI=1S/C30H42N5O4P/c1-2-3-4-5-6-7-8-9-10-11-12-13-14-15-16-17-18-19-20-21-27(36)34-29-28-30(32-24-31-29)35(25-33-28)22-23-39-26-40(37)38/h3-4,6-7,9-10,12-13,15-16,18-19,24-25,37-38H,2,5,8,11,14,17,20-23,26H2,1H3,(H,31,32,34,36)/b4-3-,7-6-,10-9-,13-12-,16-15-,19-18-. The number of amides is 1. The summed E-state index contributed by atoms with van der Waals surface area (Å²) in [6.07, 6.45) is 35.5. The van der Waals surface area contributed by atoms with E-state index in [1.54, 1.807) is 10.9 Å². The molecule has 0 fully saturated rings. The molecule has 0 aromatic carbocycles. The van der Waals surface area contributed by atoms with Crippen molar-refractivity contribution in [2.75, 3.05) is 18.3 Å². The maximum Gasteiger partial charge on any atom is 0.225 e. The summed E-state index contributed by atoms with van der Waals surface area (Å²) in [6, 6.07) is 0. The molecule has 0 saturated heterocycles. The number of nitrogens with one attached hydrogen (secondary N) is 1. The lowest BCUT2D eigenvalue weighted by atomic mass is 10.2. The Morgan fingerprint density at radius 2 is 1.45 bits per heavy atom. The van der Waals surface area contributed by atoms with Gasteiger partial charge < -0.3 is 24.4 Å². The van der Waals surface area contributed by atoms with Gasteiger partial charge in [-0.3, -0.25) is 4.79 Å². The maximum atomic E-state index is 12.4. The van der Waals surface area contributed by atoms with Crippen molar-refractivity contribution in [3.63, 3.8) is 0 Å². The van der Waals surface area contributed by atoms with E-state index in [4.69, 9.17) is 14.5 Å². The van der Waals surface area contributed by atoms with E-state index >= 15 is 0 Å². The summed E-state index contributed by atoms with van der Waals surface area (Å²) >= 11 is 0. The van der Waals surface area contributed by atoms with Crippen molar-refractivity contribution in [2.24, 2.45) is 0 Å². The monoisotopic (exact) mass is 567 g/mol. The van der Waals surface area contributed by atoms with Crippen molar-refractivity contribution in [1.82, 2.24) is 19.5 Å². The normalized spacial score (nSPS) is 12.8. The molecule has 0 spiro atoms. The minimum absolute atomic E-state index is 0.102. The number of aromatic nitrogens is 4. The number of anilines is 1. The summed E-state index contributed by atoms with van der Waals surface area (Å²) in [7, 11) is -2.07. The van der Waals surface area contributed by atoms with Crippen LogP contribution < -0.4 is 5.32 Å². The number of carbonyl (C=O) groups is 1. The average Bonchev–Trinajstić information content (AvgIpc) is 3.36.